The number of hydrogen-bond acceptors (Lipinski definition) is 11. The first-order valence-electron chi connectivity index (χ1n) is 22.1. The van der Waals surface area contributed by atoms with Gasteiger partial charge in [0, 0.05) is 48.1 Å². The van der Waals surface area contributed by atoms with Gasteiger partial charge in [0.1, 0.15) is 35.4 Å². The van der Waals surface area contributed by atoms with Gasteiger partial charge in [0.15, 0.2) is 18.5 Å². The Morgan fingerprint density at radius 1 is 0.730 bits per heavy atom. The number of pyridine rings is 1. The quantitative estimate of drug-likeness (QED) is 0.172. The highest BCUT2D eigenvalue weighted by molar-refractivity contribution is 6.12. The third-order valence-corrected chi connectivity index (χ3v) is 16.4. The van der Waals surface area contributed by atoms with Crippen molar-refractivity contribution in [3.63, 3.8) is 0 Å². The van der Waals surface area contributed by atoms with Crippen LogP contribution in [0.2, 0.25) is 0 Å². The van der Waals surface area contributed by atoms with Gasteiger partial charge >= 0.3 is 0 Å². The minimum absolute atomic E-state index is 0.0313. The minimum atomic E-state index is -0.934. The van der Waals surface area contributed by atoms with Crippen molar-refractivity contribution in [1.82, 2.24) is 29.6 Å². The molecule has 5 aromatic rings. The fourth-order valence-corrected chi connectivity index (χ4v) is 12.8. The molecule has 3 aliphatic heterocycles. The number of ether oxygens (including phenoxy) is 2. The van der Waals surface area contributed by atoms with E-state index in [1.165, 1.54) is 0 Å². The van der Waals surface area contributed by atoms with Gasteiger partial charge in [-0.1, -0.05) is 0 Å². The van der Waals surface area contributed by atoms with Crippen molar-refractivity contribution in [2.45, 2.75) is 112 Å². The zero-order chi connectivity index (χ0) is 42.5. The van der Waals surface area contributed by atoms with Crippen molar-refractivity contribution in [3.8, 4) is 22.8 Å². The predicted molar refractivity (Wildman–Crippen MR) is 223 cm³/mol. The largest absolute Gasteiger partial charge is 0.454 e. The third kappa shape index (κ3) is 4.62. The molecule has 1 aromatic carbocycles. The maximum Gasteiger partial charge on any atom is 0.241 e. The van der Waals surface area contributed by atoms with Gasteiger partial charge in [0.05, 0.1) is 45.8 Å². The van der Waals surface area contributed by atoms with Crippen LogP contribution in [0.15, 0.2) is 49.2 Å². The fourth-order valence-electron chi connectivity index (χ4n) is 12.8. The van der Waals surface area contributed by atoms with Crippen molar-refractivity contribution in [2.75, 3.05) is 27.2 Å². The Hall–Kier alpha value is -6.26. The zero-order valence-corrected chi connectivity index (χ0v) is 35.0. The van der Waals surface area contributed by atoms with E-state index in [2.05, 4.69) is 20.3 Å². The van der Waals surface area contributed by atoms with E-state index >= 15 is 4.39 Å². The van der Waals surface area contributed by atoms with Gasteiger partial charge in [-0.2, -0.15) is 14.6 Å². The Labute approximate surface area is 360 Å². The molecule has 320 valence electrons. The number of nitrogens with one attached hydrogen (secondary N) is 2. The maximum absolute atomic E-state index is 15.1. The molecule has 16 rings (SSSR count). The molecule has 4 bridgehead atoms. The van der Waals surface area contributed by atoms with Crippen molar-refractivity contribution < 1.29 is 32.5 Å². The average molecular weight is 853 g/mol. The van der Waals surface area contributed by atoms with Gasteiger partial charge < -0.3 is 20.1 Å². The van der Waals surface area contributed by atoms with Gasteiger partial charge in [-0.3, -0.25) is 24.4 Å². The van der Waals surface area contributed by atoms with Crippen LogP contribution >= 0.6 is 0 Å². The van der Waals surface area contributed by atoms with E-state index in [1.807, 2.05) is 66.0 Å². The number of rotatable bonds is 8. The van der Waals surface area contributed by atoms with E-state index < -0.39 is 34.3 Å². The first kappa shape index (κ1) is 36.2. The molecule has 11 aliphatic rings. The molecule has 17 heteroatoms. The molecule has 15 nitrogen and oxygen atoms in total. The number of carbonyl (C=O) groups is 2. The number of alkyl halides is 2. The van der Waals surface area contributed by atoms with Crippen LogP contribution in [0.1, 0.15) is 86.1 Å². The topological polar surface area (TPSA) is 156 Å². The molecule has 7 heterocycles. The molecule has 2 amide bonds. The summed E-state index contributed by atoms with van der Waals surface area (Å²) in [5.74, 6) is 3.22. The highest BCUT2D eigenvalue weighted by Gasteiger charge is 2.75. The lowest BCUT2D eigenvalue weighted by Gasteiger charge is -2.45. The molecular weight excluding hydrogens is 809 g/mol. The number of nitrogens with zero attached hydrogens (tertiary/aromatic N) is 9. The molecule has 2 N–H and O–H groups in total. The second-order valence-electron chi connectivity index (χ2n) is 20.0. The fraction of sp³-hybridized carbons (Fsp3) is 0.478. The SMILES string of the molecule is Cc1cc(-c2cn(C3CC34C(=O)N(C35CC(F)C(C3)C5)c3nc(Nc5cc6c(cc5C)OCO6)ncc34)[n+](C)c2)ncc1Nc1ncc2c(n1)N(C13CC(F)C(C1)C3)C(=O)C21CC1. The number of halogens is 2. The van der Waals surface area contributed by atoms with Crippen LogP contribution in [0, 0.1) is 25.7 Å². The van der Waals surface area contributed by atoms with E-state index in [0.717, 1.165) is 57.7 Å². The van der Waals surface area contributed by atoms with Crippen molar-refractivity contribution in [1.29, 1.82) is 0 Å². The Morgan fingerprint density at radius 3 is 1.97 bits per heavy atom. The first-order valence-corrected chi connectivity index (χ1v) is 22.1. The van der Waals surface area contributed by atoms with Gasteiger partial charge in [0.25, 0.3) is 0 Å². The molecule has 63 heavy (non-hydrogen) atoms. The van der Waals surface area contributed by atoms with Crippen LogP contribution in [-0.2, 0) is 27.5 Å². The van der Waals surface area contributed by atoms with Crippen LogP contribution in [0.25, 0.3) is 11.3 Å². The summed E-state index contributed by atoms with van der Waals surface area (Å²) in [4.78, 5) is 56.6. The maximum atomic E-state index is 15.1. The molecule has 8 fully saturated rings. The molecule has 8 aliphatic carbocycles. The van der Waals surface area contributed by atoms with E-state index in [4.69, 9.17) is 29.4 Å². The number of aryl methyl sites for hydroxylation is 3. The number of benzene rings is 1. The van der Waals surface area contributed by atoms with Crippen LogP contribution in [0.5, 0.6) is 11.5 Å². The number of hydrogen-bond donors (Lipinski definition) is 2. The standard InChI is InChI=1S/C46H44F2N11O4/c1-22-6-32(49-18-33(22)53-42-50-16-27-37(54-42)58(39(60)45(27)4-5-45)43-9-24(10-43)29(47)13-43)26-19-56(3)57(20-26)36-15-46(36)28-17-51-41(52-31-8-35-34(7-23(31)2)62-21-63-35)55-38(28)59(40(46)61)44-11-25(12-44)30(48)14-44/h6-8,16-20,24-25,29-30,36H,4-5,9-15,21H2,1-3H3,(H,50,53,54)(H,51,52,55)/q+1. The molecule has 4 aromatic heterocycles. The highest BCUT2D eigenvalue weighted by Crippen LogP contribution is 2.69. The van der Waals surface area contributed by atoms with Crippen LogP contribution in [-0.4, -0.2) is 71.6 Å². The van der Waals surface area contributed by atoms with Gasteiger partial charge in [-0.05, 0) is 93.9 Å². The van der Waals surface area contributed by atoms with E-state index in [0.29, 0.717) is 80.0 Å². The summed E-state index contributed by atoms with van der Waals surface area (Å²) in [6, 6.07) is 5.56. The second-order valence-corrected chi connectivity index (χ2v) is 20.0. The predicted octanol–water partition coefficient (Wildman–Crippen LogP) is 6.18. The molecule has 4 unspecified atom stereocenters. The molecule has 4 atom stereocenters. The number of fused-ring (bicyclic) bond motifs is 7. The minimum Gasteiger partial charge on any atom is -0.454 e. The molecule has 0 radical (unpaired) electrons. The van der Waals surface area contributed by atoms with E-state index in [9.17, 15) is 14.0 Å². The third-order valence-electron chi connectivity index (χ3n) is 16.4. The van der Waals surface area contributed by atoms with Crippen molar-refractivity contribution in [2.24, 2.45) is 18.9 Å². The zero-order valence-electron chi connectivity index (χ0n) is 35.0. The Bertz CT molecular complexity index is 2920. The summed E-state index contributed by atoms with van der Waals surface area (Å²) in [5, 5.41) is 6.69. The number of amides is 2. The molecular formula is C46H44F2N11O4+. The van der Waals surface area contributed by atoms with E-state index in [1.54, 1.807) is 18.6 Å². The normalized spacial score (nSPS) is 32.6. The lowest BCUT2D eigenvalue weighted by molar-refractivity contribution is -0.754. The van der Waals surface area contributed by atoms with Crippen LogP contribution in [0.3, 0.4) is 0 Å². The summed E-state index contributed by atoms with van der Waals surface area (Å²) >= 11 is 0. The lowest BCUT2D eigenvalue weighted by atomic mass is 9.75. The summed E-state index contributed by atoms with van der Waals surface area (Å²) in [5.41, 5.74) is 4.08. The first-order chi connectivity index (χ1) is 30.4. The van der Waals surface area contributed by atoms with Crippen molar-refractivity contribution >= 4 is 46.7 Å². The Balaban J connectivity index is 0.749. The molecule has 0 saturated heterocycles. The van der Waals surface area contributed by atoms with Crippen LogP contribution < -0.4 is 34.6 Å². The smallest absolute Gasteiger partial charge is 0.241 e. The van der Waals surface area contributed by atoms with Crippen LogP contribution in [0.4, 0.5) is 43.7 Å². The number of aromatic nitrogens is 7. The summed E-state index contributed by atoms with van der Waals surface area (Å²) in [6.45, 7) is 4.12. The van der Waals surface area contributed by atoms with Gasteiger partial charge in [0.2, 0.25) is 36.7 Å². The monoisotopic (exact) mass is 852 g/mol. The Morgan fingerprint density at radius 2 is 1.33 bits per heavy atom. The van der Waals surface area contributed by atoms with Gasteiger partial charge in [-0.25, -0.2) is 18.7 Å². The summed E-state index contributed by atoms with van der Waals surface area (Å²) in [7, 11) is 1.96. The Kier molecular flexibility index (Phi) is 6.70. The molecule has 2 spiro atoms. The summed E-state index contributed by atoms with van der Waals surface area (Å²) < 4.78 is 45.1. The van der Waals surface area contributed by atoms with Gasteiger partial charge in [-0.15, -0.1) is 4.68 Å². The number of anilines is 6. The highest BCUT2D eigenvalue weighted by atomic mass is 19.1. The van der Waals surface area contributed by atoms with Crippen molar-refractivity contribution in [3.05, 3.63) is 71.4 Å². The molecule has 8 saturated carbocycles. The van der Waals surface area contributed by atoms with E-state index in [-0.39, 0.29) is 36.5 Å². The summed E-state index contributed by atoms with van der Waals surface area (Å²) in [6.07, 6.45) is 13.0. The number of carbonyl (C=O) groups excluding carboxylic acids is 2. The second kappa shape index (κ2) is 11.6. The average Bonchev–Trinajstić information content (AvgIpc) is 3.58. The lowest BCUT2D eigenvalue weighted by Crippen LogP contribution is -2.55.